The van der Waals surface area contributed by atoms with Crippen LogP contribution in [0.5, 0.6) is 0 Å². The van der Waals surface area contributed by atoms with E-state index in [4.69, 9.17) is 1.37 Å². The quantitative estimate of drug-likeness (QED) is 0.293. The van der Waals surface area contributed by atoms with E-state index in [1.807, 2.05) is 6.08 Å². The predicted octanol–water partition coefficient (Wildman–Crippen LogP) is 3.49. The molecular formula is C11H20O. The van der Waals surface area contributed by atoms with Gasteiger partial charge in [-0.2, -0.15) is 0 Å². The minimum atomic E-state index is -0.424. The summed E-state index contributed by atoms with van der Waals surface area (Å²) in [5, 5.41) is 0. The Labute approximate surface area is 77.3 Å². The number of hydrogen-bond acceptors (Lipinski definition) is 1. The fourth-order valence-corrected chi connectivity index (χ4v) is 1.19. The van der Waals surface area contributed by atoms with Crippen LogP contribution in [0.25, 0.3) is 0 Å². The first-order chi connectivity index (χ1) is 6.27. The molecule has 0 aliphatic rings. The van der Waals surface area contributed by atoms with Crippen molar-refractivity contribution < 1.29 is 6.17 Å². The summed E-state index contributed by atoms with van der Waals surface area (Å²) in [7, 11) is 0. The average Bonchev–Trinajstić information content (AvgIpc) is 2.09. The molecule has 0 atom stereocenters. The minimum absolute atomic E-state index is 0.424. The zero-order chi connectivity index (χ0) is 9.94. The summed E-state index contributed by atoms with van der Waals surface area (Å²) in [4.78, 5) is 10.3. The Balaban J connectivity index is 2.91. The van der Waals surface area contributed by atoms with Crippen LogP contribution in [0.3, 0.4) is 0 Å². The van der Waals surface area contributed by atoms with Crippen molar-refractivity contribution in [3.8, 4) is 0 Å². The van der Waals surface area contributed by atoms with Gasteiger partial charge in [-0.05, 0) is 19.3 Å². The Bertz CT molecular complexity index is 143. The SMILES string of the molecule is [2H]C(=O)CCCCCCCCC=C. The number of carbonyl (C=O) groups excluding carboxylic acids is 1. The van der Waals surface area contributed by atoms with Crippen LogP contribution >= 0.6 is 0 Å². The van der Waals surface area contributed by atoms with Crippen molar-refractivity contribution in [3.05, 3.63) is 12.7 Å². The van der Waals surface area contributed by atoms with Crippen molar-refractivity contribution in [1.29, 1.82) is 0 Å². The number of rotatable bonds is 9. The van der Waals surface area contributed by atoms with E-state index >= 15 is 0 Å². The number of hydrogen-bond donors (Lipinski definition) is 0. The highest BCUT2D eigenvalue weighted by atomic mass is 16.1. The van der Waals surface area contributed by atoms with Gasteiger partial charge < -0.3 is 4.79 Å². The van der Waals surface area contributed by atoms with Gasteiger partial charge in [-0.1, -0.05) is 31.8 Å². The fourth-order valence-electron chi connectivity index (χ4n) is 1.19. The van der Waals surface area contributed by atoms with E-state index in [1.54, 1.807) is 0 Å². The van der Waals surface area contributed by atoms with Gasteiger partial charge in [-0.25, -0.2) is 0 Å². The summed E-state index contributed by atoms with van der Waals surface area (Å²) in [6.07, 6.45) is 10.0. The molecule has 0 fully saturated rings. The van der Waals surface area contributed by atoms with Crippen LogP contribution in [0, 0.1) is 0 Å². The van der Waals surface area contributed by atoms with Crippen LogP contribution in [0.1, 0.15) is 52.7 Å². The lowest BCUT2D eigenvalue weighted by molar-refractivity contribution is -0.107. The Hall–Kier alpha value is -0.590. The zero-order valence-corrected chi connectivity index (χ0v) is 7.85. The molecule has 0 aromatic heterocycles. The van der Waals surface area contributed by atoms with Crippen LogP contribution in [-0.2, 0) is 4.79 Å². The molecule has 0 aromatic rings. The smallest absolute Gasteiger partial charge is 0.119 e. The van der Waals surface area contributed by atoms with E-state index in [1.165, 1.54) is 25.7 Å². The first-order valence-corrected chi connectivity index (χ1v) is 4.87. The van der Waals surface area contributed by atoms with E-state index in [-0.39, 0.29) is 0 Å². The number of allylic oxidation sites excluding steroid dienone is 1. The summed E-state index contributed by atoms with van der Waals surface area (Å²) in [6.45, 7) is 3.67. The van der Waals surface area contributed by atoms with Crippen LogP contribution in [-0.4, -0.2) is 6.26 Å². The largest absolute Gasteiger partial charge is 0.303 e. The van der Waals surface area contributed by atoms with Crippen molar-refractivity contribution in [2.45, 2.75) is 51.4 Å². The highest BCUT2D eigenvalue weighted by Crippen LogP contribution is 2.07. The first-order valence-electron chi connectivity index (χ1n) is 5.37. The maximum absolute atomic E-state index is 10.3. The normalized spacial score (nSPS) is 10.8. The Morgan fingerprint density at radius 2 is 1.50 bits per heavy atom. The molecular weight excluding hydrogens is 148 g/mol. The number of aldehydes is 1. The van der Waals surface area contributed by atoms with Crippen molar-refractivity contribution in [3.63, 3.8) is 0 Å². The van der Waals surface area contributed by atoms with Gasteiger partial charge in [0, 0.05) is 6.42 Å². The molecule has 0 bridgehead atoms. The molecule has 0 spiro atoms. The van der Waals surface area contributed by atoms with Crippen LogP contribution < -0.4 is 0 Å². The first kappa shape index (κ1) is 9.50. The standard InChI is InChI=1S/C11H20O/c1-2-3-4-5-6-7-8-9-10-11-12/h2,11H,1,3-10H2/i11D. The van der Waals surface area contributed by atoms with Crippen LogP contribution in [0.2, 0.25) is 0 Å². The molecule has 0 rings (SSSR count). The number of unbranched alkanes of at least 4 members (excludes halogenated alkanes) is 6. The molecule has 1 nitrogen and oxygen atoms in total. The minimum Gasteiger partial charge on any atom is -0.303 e. The summed E-state index contributed by atoms with van der Waals surface area (Å²) in [5.41, 5.74) is 0. The average molecular weight is 169 g/mol. The Kier molecular flexibility index (Phi) is 8.24. The monoisotopic (exact) mass is 169 g/mol. The van der Waals surface area contributed by atoms with Gasteiger partial charge in [0.1, 0.15) is 7.63 Å². The number of carbonyl (C=O) groups is 1. The maximum atomic E-state index is 10.3. The third-order valence-corrected chi connectivity index (χ3v) is 1.94. The molecule has 0 radical (unpaired) electrons. The highest BCUT2D eigenvalue weighted by Gasteiger charge is 1.89. The van der Waals surface area contributed by atoms with Crippen LogP contribution in [0.4, 0.5) is 0 Å². The third kappa shape index (κ3) is 9.41. The molecule has 12 heavy (non-hydrogen) atoms. The topological polar surface area (TPSA) is 17.1 Å². The van der Waals surface area contributed by atoms with Crippen molar-refractivity contribution in [2.24, 2.45) is 0 Å². The molecule has 0 unspecified atom stereocenters. The molecule has 0 saturated carbocycles. The molecule has 1 heteroatoms. The van der Waals surface area contributed by atoms with Gasteiger partial charge in [-0.3, -0.25) is 0 Å². The van der Waals surface area contributed by atoms with Crippen molar-refractivity contribution in [1.82, 2.24) is 0 Å². The van der Waals surface area contributed by atoms with Gasteiger partial charge in [0.2, 0.25) is 0 Å². The van der Waals surface area contributed by atoms with Gasteiger partial charge in [-0.15, -0.1) is 6.58 Å². The molecule has 0 heterocycles. The van der Waals surface area contributed by atoms with Crippen molar-refractivity contribution >= 4 is 6.26 Å². The van der Waals surface area contributed by atoms with E-state index in [2.05, 4.69) is 6.58 Å². The van der Waals surface area contributed by atoms with Crippen molar-refractivity contribution in [2.75, 3.05) is 0 Å². The maximum Gasteiger partial charge on any atom is 0.119 e. The van der Waals surface area contributed by atoms with Crippen LogP contribution in [0.15, 0.2) is 12.7 Å². The molecule has 0 aliphatic carbocycles. The van der Waals surface area contributed by atoms with Gasteiger partial charge in [0.25, 0.3) is 0 Å². The molecule has 0 N–H and O–H groups in total. The Morgan fingerprint density at radius 1 is 1.00 bits per heavy atom. The second-order valence-corrected chi connectivity index (χ2v) is 3.09. The second kappa shape index (κ2) is 10.4. The van der Waals surface area contributed by atoms with Gasteiger partial charge in [0.15, 0.2) is 0 Å². The van der Waals surface area contributed by atoms with E-state index in [9.17, 15) is 4.79 Å². The summed E-state index contributed by atoms with van der Waals surface area (Å²) < 4.78 is 6.70. The molecule has 0 saturated heterocycles. The lowest BCUT2D eigenvalue weighted by Crippen LogP contribution is -1.80. The van der Waals surface area contributed by atoms with E-state index in [0.717, 1.165) is 19.3 Å². The predicted molar refractivity (Wildman–Crippen MR) is 53.2 cm³/mol. The zero-order valence-electron chi connectivity index (χ0n) is 8.85. The third-order valence-electron chi connectivity index (χ3n) is 1.94. The summed E-state index contributed by atoms with van der Waals surface area (Å²) in [5.74, 6) is 0. The van der Waals surface area contributed by atoms with Gasteiger partial charge >= 0.3 is 0 Å². The molecule has 0 amide bonds. The summed E-state index contributed by atoms with van der Waals surface area (Å²) >= 11 is 0. The van der Waals surface area contributed by atoms with Gasteiger partial charge in [0.05, 0.1) is 0 Å². The lowest BCUT2D eigenvalue weighted by atomic mass is 10.1. The summed E-state index contributed by atoms with van der Waals surface area (Å²) in [6, 6.07) is 0. The molecule has 0 aromatic carbocycles. The Morgan fingerprint density at radius 3 is 2.00 bits per heavy atom. The highest BCUT2D eigenvalue weighted by molar-refractivity contribution is 5.48. The molecule has 70 valence electrons. The molecule has 0 aliphatic heterocycles. The fraction of sp³-hybridized carbons (Fsp3) is 0.727. The van der Waals surface area contributed by atoms with E-state index in [0.29, 0.717) is 6.42 Å². The van der Waals surface area contributed by atoms with E-state index < -0.39 is 6.26 Å². The second-order valence-electron chi connectivity index (χ2n) is 3.09. The lowest BCUT2D eigenvalue weighted by Gasteiger charge is -1.97.